The molecule has 12 heavy (non-hydrogen) atoms. The van der Waals surface area contributed by atoms with Gasteiger partial charge in [0.25, 0.3) is 0 Å². The molecule has 0 spiro atoms. The third kappa shape index (κ3) is 1.44. The molecule has 1 unspecified atom stereocenters. The van der Waals surface area contributed by atoms with E-state index in [1.54, 1.807) is 0 Å². The van der Waals surface area contributed by atoms with E-state index in [4.69, 9.17) is 10.1 Å². The summed E-state index contributed by atoms with van der Waals surface area (Å²) in [5, 5.41) is 7.61. The molecule has 2 rings (SSSR count). The van der Waals surface area contributed by atoms with Crippen LogP contribution in [0.4, 0.5) is 0 Å². The van der Waals surface area contributed by atoms with E-state index in [2.05, 4.69) is 0 Å². The van der Waals surface area contributed by atoms with Gasteiger partial charge in [-0.25, -0.2) is 0 Å². The molecule has 0 amide bonds. The van der Waals surface area contributed by atoms with E-state index in [0.29, 0.717) is 10.9 Å². The van der Waals surface area contributed by atoms with Gasteiger partial charge in [0.05, 0.1) is 12.6 Å². The average molecular weight is 184 g/mol. The highest BCUT2D eigenvalue weighted by Crippen LogP contribution is 2.13. The number of nitrogens with zero attached hydrogens (tertiary/aromatic N) is 1. The molecule has 2 heterocycles. The molecule has 1 N–H and O–H groups in total. The van der Waals surface area contributed by atoms with E-state index in [9.17, 15) is 0 Å². The van der Waals surface area contributed by atoms with E-state index in [-0.39, 0.29) is 0 Å². The molecular weight excluding hydrogens is 172 g/mol. The van der Waals surface area contributed by atoms with Crippen LogP contribution in [0.2, 0.25) is 0 Å². The van der Waals surface area contributed by atoms with Gasteiger partial charge in [-0.2, -0.15) is 0 Å². The zero-order chi connectivity index (χ0) is 8.55. The van der Waals surface area contributed by atoms with Crippen LogP contribution >= 0.6 is 11.3 Å². The minimum Gasteiger partial charge on any atom is -0.376 e. The van der Waals surface area contributed by atoms with Gasteiger partial charge in [-0.15, -0.1) is 11.3 Å². The first-order valence-corrected chi connectivity index (χ1v) is 4.90. The van der Waals surface area contributed by atoms with Gasteiger partial charge in [-0.1, -0.05) is 0 Å². The molecule has 0 saturated carbocycles. The first kappa shape index (κ1) is 8.01. The van der Waals surface area contributed by atoms with Crippen molar-refractivity contribution in [1.82, 2.24) is 4.57 Å². The SMILES string of the molecule is Cc1cn(CC2CCO2)c(=N)s1. The highest BCUT2D eigenvalue weighted by Gasteiger charge is 2.18. The topological polar surface area (TPSA) is 38.0 Å². The van der Waals surface area contributed by atoms with Crippen molar-refractivity contribution in [2.24, 2.45) is 0 Å². The minimum atomic E-state index is 0.355. The summed E-state index contributed by atoms with van der Waals surface area (Å²) in [6.07, 6.45) is 3.52. The fraction of sp³-hybridized carbons (Fsp3) is 0.625. The number of aromatic nitrogens is 1. The number of hydrogen-bond acceptors (Lipinski definition) is 3. The van der Waals surface area contributed by atoms with Gasteiger partial charge in [0, 0.05) is 17.7 Å². The van der Waals surface area contributed by atoms with Gasteiger partial charge in [0.2, 0.25) is 0 Å². The minimum absolute atomic E-state index is 0.355. The maximum absolute atomic E-state index is 7.61. The van der Waals surface area contributed by atoms with Gasteiger partial charge < -0.3 is 9.30 Å². The van der Waals surface area contributed by atoms with Crippen LogP contribution < -0.4 is 4.80 Å². The van der Waals surface area contributed by atoms with Crippen LogP contribution in [0.15, 0.2) is 6.20 Å². The van der Waals surface area contributed by atoms with E-state index < -0.39 is 0 Å². The van der Waals surface area contributed by atoms with Crippen LogP contribution in [0.1, 0.15) is 11.3 Å². The predicted molar refractivity (Wildman–Crippen MR) is 47.3 cm³/mol. The summed E-state index contributed by atoms with van der Waals surface area (Å²) in [5.74, 6) is 0. The molecule has 66 valence electrons. The Morgan fingerprint density at radius 1 is 1.83 bits per heavy atom. The van der Waals surface area contributed by atoms with Crippen LogP contribution in [-0.4, -0.2) is 17.3 Å². The second-order valence-corrected chi connectivity index (χ2v) is 4.32. The van der Waals surface area contributed by atoms with E-state index >= 15 is 0 Å². The van der Waals surface area contributed by atoms with Crippen LogP contribution in [0.3, 0.4) is 0 Å². The standard InChI is InChI=1S/C8H12N2OS/c1-6-4-10(8(9)12-6)5-7-2-3-11-7/h4,7,9H,2-3,5H2,1H3. The lowest BCUT2D eigenvalue weighted by Crippen LogP contribution is -2.33. The molecular formula is C8H12N2OS. The summed E-state index contributed by atoms with van der Waals surface area (Å²) in [6.45, 7) is 3.77. The summed E-state index contributed by atoms with van der Waals surface area (Å²) >= 11 is 1.52. The Morgan fingerprint density at radius 2 is 2.58 bits per heavy atom. The third-order valence-corrected chi connectivity index (χ3v) is 2.91. The zero-order valence-corrected chi connectivity index (χ0v) is 7.86. The lowest BCUT2D eigenvalue weighted by molar-refractivity contribution is -0.0596. The van der Waals surface area contributed by atoms with Crippen LogP contribution in [0.5, 0.6) is 0 Å². The lowest BCUT2D eigenvalue weighted by Gasteiger charge is -2.26. The Bertz CT molecular complexity index is 324. The second kappa shape index (κ2) is 3.03. The summed E-state index contributed by atoms with van der Waals surface area (Å²) in [4.78, 5) is 1.82. The molecule has 1 aromatic rings. The monoisotopic (exact) mass is 184 g/mol. The quantitative estimate of drug-likeness (QED) is 0.735. The van der Waals surface area contributed by atoms with Crippen molar-refractivity contribution in [3.8, 4) is 0 Å². The fourth-order valence-corrected chi connectivity index (χ4v) is 2.03. The molecule has 0 radical (unpaired) electrons. The number of hydrogen-bond donors (Lipinski definition) is 1. The summed E-state index contributed by atoms with van der Waals surface area (Å²) < 4.78 is 7.26. The molecule has 1 aliphatic rings. The van der Waals surface area contributed by atoms with Gasteiger partial charge >= 0.3 is 0 Å². The highest BCUT2D eigenvalue weighted by molar-refractivity contribution is 7.09. The molecule has 0 aliphatic carbocycles. The molecule has 1 saturated heterocycles. The lowest BCUT2D eigenvalue weighted by atomic mass is 10.2. The molecule has 1 aliphatic heterocycles. The van der Waals surface area contributed by atoms with Crippen LogP contribution in [0, 0.1) is 12.3 Å². The Labute approximate surface area is 75.1 Å². The largest absolute Gasteiger partial charge is 0.376 e. The fourth-order valence-electron chi connectivity index (χ4n) is 1.30. The Morgan fingerprint density at radius 3 is 3.00 bits per heavy atom. The zero-order valence-electron chi connectivity index (χ0n) is 7.04. The van der Waals surface area contributed by atoms with Crippen LogP contribution in [0.25, 0.3) is 0 Å². The Kier molecular flexibility index (Phi) is 2.02. The molecule has 0 bridgehead atoms. The van der Waals surface area contributed by atoms with Gasteiger partial charge in [0.1, 0.15) is 0 Å². The van der Waals surface area contributed by atoms with E-state index in [0.717, 1.165) is 19.6 Å². The van der Waals surface area contributed by atoms with Crippen molar-refractivity contribution < 1.29 is 4.74 Å². The maximum Gasteiger partial charge on any atom is 0.182 e. The average Bonchev–Trinajstić information content (AvgIpc) is 2.21. The molecule has 3 nitrogen and oxygen atoms in total. The van der Waals surface area contributed by atoms with Crippen molar-refractivity contribution in [1.29, 1.82) is 5.41 Å². The van der Waals surface area contributed by atoms with E-state index in [1.807, 2.05) is 17.7 Å². The molecule has 0 aromatic carbocycles. The normalized spacial score (nSPS) is 22.2. The molecule has 1 atom stereocenters. The van der Waals surface area contributed by atoms with Crippen molar-refractivity contribution in [2.45, 2.75) is 26.0 Å². The predicted octanol–water partition coefficient (Wildman–Crippen LogP) is 1.13. The smallest absolute Gasteiger partial charge is 0.182 e. The molecule has 4 heteroatoms. The van der Waals surface area contributed by atoms with Crippen molar-refractivity contribution in [3.05, 3.63) is 15.9 Å². The van der Waals surface area contributed by atoms with Crippen molar-refractivity contribution in [3.63, 3.8) is 0 Å². The first-order valence-electron chi connectivity index (χ1n) is 4.09. The number of thiazole rings is 1. The number of ether oxygens (including phenoxy) is 1. The van der Waals surface area contributed by atoms with Crippen molar-refractivity contribution in [2.75, 3.05) is 6.61 Å². The van der Waals surface area contributed by atoms with E-state index in [1.165, 1.54) is 16.2 Å². The summed E-state index contributed by atoms with van der Waals surface area (Å²) in [7, 11) is 0. The van der Waals surface area contributed by atoms with Crippen molar-refractivity contribution >= 4 is 11.3 Å². The Hall–Kier alpha value is -0.610. The first-order chi connectivity index (χ1) is 5.75. The summed E-state index contributed by atoms with van der Waals surface area (Å²) in [6, 6.07) is 0. The Balaban J connectivity index is 2.11. The maximum atomic E-state index is 7.61. The van der Waals surface area contributed by atoms with Crippen LogP contribution in [-0.2, 0) is 11.3 Å². The number of aryl methyl sites for hydroxylation is 1. The van der Waals surface area contributed by atoms with Gasteiger partial charge in [-0.05, 0) is 13.3 Å². The molecule has 1 aromatic heterocycles. The second-order valence-electron chi connectivity index (χ2n) is 3.08. The summed E-state index contributed by atoms with van der Waals surface area (Å²) in [5.41, 5.74) is 0. The molecule has 1 fully saturated rings. The van der Waals surface area contributed by atoms with Gasteiger partial charge in [0.15, 0.2) is 4.80 Å². The highest BCUT2D eigenvalue weighted by atomic mass is 32.1. The number of nitrogens with one attached hydrogen (secondary N) is 1. The third-order valence-electron chi connectivity index (χ3n) is 2.05. The van der Waals surface area contributed by atoms with Gasteiger partial charge in [-0.3, -0.25) is 5.41 Å². The number of rotatable bonds is 2.